The lowest BCUT2D eigenvalue weighted by atomic mass is 10.1. The summed E-state index contributed by atoms with van der Waals surface area (Å²) in [5.74, 6) is 0.915. The minimum absolute atomic E-state index is 0.295. The lowest BCUT2D eigenvalue weighted by Crippen LogP contribution is -2.39. The minimum atomic E-state index is -0.295. The van der Waals surface area contributed by atoms with Crippen LogP contribution in [0.1, 0.15) is 39.0 Å². The van der Waals surface area contributed by atoms with Crippen LogP contribution in [0.25, 0.3) is 0 Å². The van der Waals surface area contributed by atoms with Gasteiger partial charge in [-0.2, -0.15) is 0 Å². The third-order valence-corrected chi connectivity index (χ3v) is 3.92. The zero-order valence-electron chi connectivity index (χ0n) is 10.4. The number of nitrogens with zero attached hydrogens (tertiary/aromatic N) is 1. The molecule has 2 bridgehead atoms. The fourth-order valence-electron chi connectivity index (χ4n) is 3.04. The summed E-state index contributed by atoms with van der Waals surface area (Å²) in [5, 5.41) is 9.87. The molecule has 3 heteroatoms. The number of β-amino-alcohol motifs (C(OH)–C–C–N with tert-alkyl or cyclic N) is 1. The zero-order chi connectivity index (χ0) is 11.4. The highest BCUT2D eigenvalue weighted by molar-refractivity contribution is 4.92. The van der Waals surface area contributed by atoms with E-state index < -0.39 is 0 Å². The van der Waals surface area contributed by atoms with Crippen molar-refractivity contribution in [3.05, 3.63) is 0 Å². The molecule has 1 saturated carbocycles. The molecule has 3 unspecified atom stereocenters. The van der Waals surface area contributed by atoms with E-state index >= 15 is 0 Å². The van der Waals surface area contributed by atoms with Crippen LogP contribution in [0.4, 0.5) is 0 Å². The number of aliphatic hydroxyl groups excluding tert-OH is 1. The second-order valence-corrected chi connectivity index (χ2v) is 5.37. The van der Waals surface area contributed by atoms with Gasteiger partial charge in [-0.05, 0) is 31.6 Å². The maximum atomic E-state index is 9.87. The average Bonchev–Trinajstić information content (AvgIpc) is 2.86. The molecule has 1 aliphatic carbocycles. The Balaban J connectivity index is 1.58. The third kappa shape index (κ3) is 3.19. The highest BCUT2D eigenvalue weighted by atomic mass is 16.5. The van der Waals surface area contributed by atoms with Gasteiger partial charge in [-0.15, -0.1) is 0 Å². The molecule has 2 rings (SSSR count). The quantitative estimate of drug-likeness (QED) is 0.671. The number of likely N-dealkylation sites (tertiary alicyclic amines) is 1. The van der Waals surface area contributed by atoms with Crippen LogP contribution in [-0.2, 0) is 4.74 Å². The molecule has 2 aliphatic rings. The summed E-state index contributed by atoms with van der Waals surface area (Å²) in [7, 11) is 0. The van der Waals surface area contributed by atoms with Crippen molar-refractivity contribution in [2.24, 2.45) is 5.92 Å². The van der Waals surface area contributed by atoms with Crippen molar-refractivity contribution in [2.75, 3.05) is 26.3 Å². The smallest absolute Gasteiger partial charge is 0.0900 e. The summed E-state index contributed by atoms with van der Waals surface area (Å²) in [6.07, 6.45) is 6.07. The molecule has 0 aromatic rings. The van der Waals surface area contributed by atoms with Crippen LogP contribution < -0.4 is 0 Å². The van der Waals surface area contributed by atoms with E-state index in [0.717, 1.165) is 38.0 Å². The van der Waals surface area contributed by atoms with E-state index in [9.17, 15) is 5.11 Å². The molecule has 1 N–H and O–H groups in total. The molecular formula is C13H25NO2. The fourth-order valence-corrected chi connectivity index (χ4v) is 3.04. The molecule has 3 atom stereocenters. The number of hydrogen-bond acceptors (Lipinski definition) is 3. The largest absolute Gasteiger partial charge is 0.389 e. The number of unbranched alkanes of at least 4 members (excludes halogenated alkanes) is 1. The van der Waals surface area contributed by atoms with E-state index in [2.05, 4.69) is 11.8 Å². The number of piperidine rings is 1. The molecule has 1 aliphatic heterocycles. The van der Waals surface area contributed by atoms with E-state index in [4.69, 9.17) is 4.74 Å². The summed E-state index contributed by atoms with van der Waals surface area (Å²) in [5.41, 5.74) is 0. The monoisotopic (exact) mass is 227 g/mol. The van der Waals surface area contributed by atoms with Gasteiger partial charge in [0.25, 0.3) is 0 Å². The van der Waals surface area contributed by atoms with Crippen LogP contribution in [0.15, 0.2) is 0 Å². The van der Waals surface area contributed by atoms with Crippen molar-refractivity contribution in [1.82, 2.24) is 4.90 Å². The van der Waals surface area contributed by atoms with Crippen LogP contribution in [-0.4, -0.2) is 48.5 Å². The van der Waals surface area contributed by atoms with E-state index in [0.29, 0.717) is 6.61 Å². The first-order chi connectivity index (χ1) is 7.79. The lowest BCUT2D eigenvalue weighted by Gasteiger charge is -2.28. The predicted molar refractivity (Wildman–Crippen MR) is 64.4 cm³/mol. The average molecular weight is 227 g/mol. The van der Waals surface area contributed by atoms with Gasteiger partial charge in [0.05, 0.1) is 12.7 Å². The van der Waals surface area contributed by atoms with Crippen LogP contribution in [0.5, 0.6) is 0 Å². The predicted octanol–water partition coefficient (Wildman–Crippen LogP) is 1.65. The summed E-state index contributed by atoms with van der Waals surface area (Å²) in [4.78, 5) is 2.46. The molecule has 2 fully saturated rings. The topological polar surface area (TPSA) is 32.7 Å². The highest BCUT2D eigenvalue weighted by Crippen LogP contribution is 2.37. The highest BCUT2D eigenvalue weighted by Gasteiger charge is 2.38. The van der Waals surface area contributed by atoms with Gasteiger partial charge in [0.1, 0.15) is 0 Å². The maximum absolute atomic E-state index is 9.87. The summed E-state index contributed by atoms with van der Waals surface area (Å²) < 4.78 is 5.45. The molecule has 0 radical (unpaired) electrons. The van der Waals surface area contributed by atoms with Crippen molar-refractivity contribution in [3.63, 3.8) is 0 Å². The van der Waals surface area contributed by atoms with Crippen LogP contribution >= 0.6 is 0 Å². The Kier molecular flexibility index (Phi) is 4.62. The second kappa shape index (κ2) is 5.99. The first kappa shape index (κ1) is 12.3. The lowest BCUT2D eigenvalue weighted by molar-refractivity contribution is 0.0105. The van der Waals surface area contributed by atoms with Gasteiger partial charge in [0, 0.05) is 25.7 Å². The van der Waals surface area contributed by atoms with E-state index in [1.165, 1.54) is 25.8 Å². The van der Waals surface area contributed by atoms with Crippen molar-refractivity contribution >= 4 is 0 Å². The molecule has 1 heterocycles. The standard InChI is InChI=1S/C13H25NO2/c1-2-3-6-16-10-13(15)9-14-8-11-4-5-12(14)7-11/h11-13,15H,2-10H2,1H3. The Morgan fingerprint density at radius 2 is 2.31 bits per heavy atom. The van der Waals surface area contributed by atoms with Crippen LogP contribution in [0.2, 0.25) is 0 Å². The van der Waals surface area contributed by atoms with Gasteiger partial charge >= 0.3 is 0 Å². The first-order valence-corrected chi connectivity index (χ1v) is 6.79. The fraction of sp³-hybridized carbons (Fsp3) is 1.00. The normalized spacial score (nSPS) is 31.1. The van der Waals surface area contributed by atoms with Crippen molar-refractivity contribution in [3.8, 4) is 0 Å². The summed E-state index contributed by atoms with van der Waals surface area (Å²) in [6.45, 7) is 5.47. The van der Waals surface area contributed by atoms with Crippen LogP contribution in [0.3, 0.4) is 0 Å². The van der Waals surface area contributed by atoms with Crippen molar-refractivity contribution in [1.29, 1.82) is 0 Å². The summed E-state index contributed by atoms with van der Waals surface area (Å²) in [6, 6.07) is 0.760. The molecule has 0 amide bonds. The second-order valence-electron chi connectivity index (χ2n) is 5.37. The number of rotatable bonds is 7. The molecule has 1 saturated heterocycles. The third-order valence-electron chi connectivity index (χ3n) is 3.92. The van der Waals surface area contributed by atoms with Gasteiger partial charge in [0.15, 0.2) is 0 Å². The zero-order valence-corrected chi connectivity index (χ0v) is 10.4. The molecule has 0 aromatic carbocycles. The van der Waals surface area contributed by atoms with Gasteiger partial charge in [-0.1, -0.05) is 13.3 Å². The van der Waals surface area contributed by atoms with Gasteiger partial charge in [-0.3, -0.25) is 4.90 Å². The van der Waals surface area contributed by atoms with E-state index in [1.54, 1.807) is 0 Å². The van der Waals surface area contributed by atoms with Crippen LogP contribution in [0, 0.1) is 5.92 Å². The molecule has 0 aromatic heterocycles. The number of ether oxygens (including phenoxy) is 1. The number of fused-ring (bicyclic) bond motifs is 2. The SMILES string of the molecule is CCCCOCC(O)CN1CC2CCC1C2. The van der Waals surface area contributed by atoms with Crippen molar-refractivity contribution < 1.29 is 9.84 Å². The van der Waals surface area contributed by atoms with E-state index in [-0.39, 0.29) is 6.10 Å². The number of hydrogen-bond donors (Lipinski definition) is 1. The van der Waals surface area contributed by atoms with Crippen molar-refractivity contribution in [2.45, 2.75) is 51.2 Å². The van der Waals surface area contributed by atoms with Gasteiger partial charge in [-0.25, -0.2) is 0 Å². The maximum Gasteiger partial charge on any atom is 0.0900 e. The number of aliphatic hydroxyl groups is 1. The molecule has 3 nitrogen and oxygen atoms in total. The Bertz CT molecular complexity index is 210. The van der Waals surface area contributed by atoms with Gasteiger partial charge in [0.2, 0.25) is 0 Å². The molecule has 16 heavy (non-hydrogen) atoms. The first-order valence-electron chi connectivity index (χ1n) is 6.79. The molecule has 0 spiro atoms. The minimum Gasteiger partial charge on any atom is -0.389 e. The molecular weight excluding hydrogens is 202 g/mol. The van der Waals surface area contributed by atoms with Gasteiger partial charge < -0.3 is 9.84 Å². The molecule has 94 valence electrons. The summed E-state index contributed by atoms with van der Waals surface area (Å²) >= 11 is 0. The Morgan fingerprint density at radius 3 is 2.94 bits per heavy atom. The Hall–Kier alpha value is -0.120. The Morgan fingerprint density at radius 1 is 1.44 bits per heavy atom. The Labute approximate surface area is 98.8 Å². The van der Waals surface area contributed by atoms with E-state index in [1.807, 2.05) is 0 Å².